The lowest BCUT2D eigenvalue weighted by atomic mass is 10.1. The Morgan fingerprint density at radius 2 is 2.05 bits per heavy atom. The second-order valence-electron chi connectivity index (χ2n) is 4.94. The number of aryl methyl sites for hydroxylation is 1. The summed E-state index contributed by atoms with van der Waals surface area (Å²) in [5.41, 5.74) is 2.24. The third kappa shape index (κ3) is 4.51. The third-order valence-corrected chi connectivity index (χ3v) is 3.72. The van der Waals surface area contributed by atoms with Gasteiger partial charge in [-0.3, -0.25) is 0 Å². The molecule has 2 rings (SSSR count). The van der Waals surface area contributed by atoms with Crippen molar-refractivity contribution < 1.29 is 9.15 Å². The van der Waals surface area contributed by atoms with E-state index in [0.717, 1.165) is 53.6 Å². The standard InChI is InChI=1S/C17H22ClNO2/c1-3-8-19-11-14-7-9-20-17(14)12-21-15-5-6-16(18)13(4-2)10-15/h5-7,9-10,19H,3-4,8,11-12H2,1-2H3. The summed E-state index contributed by atoms with van der Waals surface area (Å²) in [6.07, 6.45) is 3.72. The van der Waals surface area contributed by atoms with Gasteiger partial charge in [0.15, 0.2) is 0 Å². The molecular weight excluding hydrogens is 286 g/mol. The smallest absolute Gasteiger partial charge is 0.146 e. The topological polar surface area (TPSA) is 34.4 Å². The largest absolute Gasteiger partial charge is 0.486 e. The van der Waals surface area contributed by atoms with Crippen LogP contribution in [0.15, 0.2) is 34.9 Å². The second kappa shape index (κ2) is 8.11. The number of benzene rings is 1. The van der Waals surface area contributed by atoms with Crippen LogP contribution in [-0.2, 0) is 19.6 Å². The Hall–Kier alpha value is -1.45. The molecule has 1 aromatic heterocycles. The number of hydrogen-bond acceptors (Lipinski definition) is 3. The van der Waals surface area contributed by atoms with E-state index >= 15 is 0 Å². The van der Waals surface area contributed by atoms with Crippen molar-refractivity contribution in [1.29, 1.82) is 0 Å². The Kier molecular flexibility index (Phi) is 6.15. The van der Waals surface area contributed by atoms with Crippen molar-refractivity contribution in [3.8, 4) is 5.75 Å². The molecule has 1 aromatic carbocycles. The van der Waals surface area contributed by atoms with Crippen molar-refractivity contribution in [2.45, 2.75) is 39.8 Å². The molecule has 4 heteroatoms. The minimum atomic E-state index is 0.431. The maximum Gasteiger partial charge on any atom is 0.146 e. The summed E-state index contributed by atoms with van der Waals surface area (Å²) in [5.74, 6) is 1.69. The van der Waals surface area contributed by atoms with Crippen molar-refractivity contribution in [3.05, 3.63) is 52.4 Å². The molecule has 1 N–H and O–H groups in total. The SMILES string of the molecule is CCCNCc1ccoc1COc1ccc(Cl)c(CC)c1. The summed E-state index contributed by atoms with van der Waals surface area (Å²) in [7, 11) is 0. The molecule has 0 amide bonds. The van der Waals surface area contributed by atoms with Gasteiger partial charge >= 0.3 is 0 Å². The van der Waals surface area contributed by atoms with Gasteiger partial charge in [-0.1, -0.05) is 25.4 Å². The lowest BCUT2D eigenvalue weighted by molar-refractivity contribution is 0.268. The highest BCUT2D eigenvalue weighted by atomic mass is 35.5. The van der Waals surface area contributed by atoms with Crippen molar-refractivity contribution in [3.63, 3.8) is 0 Å². The van der Waals surface area contributed by atoms with Crippen LogP contribution in [0.1, 0.15) is 37.2 Å². The Morgan fingerprint density at radius 1 is 1.19 bits per heavy atom. The maximum absolute atomic E-state index is 6.11. The second-order valence-corrected chi connectivity index (χ2v) is 5.35. The molecule has 0 aliphatic rings. The zero-order chi connectivity index (χ0) is 15.1. The van der Waals surface area contributed by atoms with Crippen LogP contribution < -0.4 is 10.1 Å². The Bertz CT molecular complexity index is 566. The van der Waals surface area contributed by atoms with Gasteiger partial charge in [-0.2, -0.15) is 0 Å². The quantitative estimate of drug-likeness (QED) is 0.725. The lowest BCUT2D eigenvalue weighted by Gasteiger charge is -2.09. The number of ether oxygens (including phenoxy) is 1. The van der Waals surface area contributed by atoms with Gasteiger partial charge in [0.05, 0.1) is 6.26 Å². The molecule has 114 valence electrons. The van der Waals surface area contributed by atoms with Gasteiger partial charge in [-0.15, -0.1) is 0 Å². The summed E-state index contributed by atoms with van der Waals surface area (Å²) < 4.78 is 11.3. The Morgan fingerprint density at radius 3 is 2.81 bits per heavy atom. The zero-order valence-electron chi connectivity index (χ0n) is 12.6. The van der Waals surface area contributed by atoms with Crippen LogP contribution in [0, 0.1) is 0 Å². The van der Waals surface area contributed by atoms with Gasteiger partial charge in [-0.05, 0) is 49.2 Å². The van der Waals surface area contributed by atoms with Gasteiger partial charge in [0.2, 0.25) is 0 Å². The Labute approximate surface area is 131 Å². The van der Waals surface area contributed by atoms with Crippen molar-refractivity contribution in [2.75, 3.05) is 6.54 Å². The van der Waals surface area contributed by atoms with E-state index < -0.39 is 0 Å². The molecule has 1 heterocycles. The monoisotopic (exact) mass is 307 g/mol. The molecule has 2 aromatic rings. The molecule has 0 unspecified atom stereocenters. The first-order chi connectivity index (χ1) is 10.2. The minimum Gasteiger partial charge on any atom is -0.486 e. The molecule has 0 aliphatic carbocycles. The summed E-state index contributed by atoms with van der Waals surface area (Å²) in [6, 6.07) is 7.74. The molecule has 0 aliphatic heterocycles. The van der Waals surface area contributed by atoms with Crippen LogP contribution in [0.5, 0.6) is 5.75 Å². The third-order valence-electron chi connectivity index (χ3n) is 3.35. The van der Waals surface area contributed by atoms with Crippen molar-refractivity contribution in [1.82, 2.24) is 5.32 Å². The first-order valence-electron chi connectivity index (χ1n) is 7.41. The fraction of sp³-hybridized carbons (Fsp3) is 0.412. The predicted octanol–water partition coefficient (Wildman–Crippen LogP) is 4.57. The van der Waals surface area contributed by atoms with Gasteiger partial charge in [-0.25, -0.2) is 0 Å². The summed E-state index contributed by atoms with van der Waals surface area (Å²) in [4.78, 5) is 0. The molecule has 21 heavy (non-hydrogen) atoms. The van der Waals surface area contributed by atoms with E-state index in [1.54, 1.807) is 6.26 Å². The molecule has 0 saturated heterocycles. The molecule has 0 saturated carbocycles. The number of halogens is 1. The average Bonchev–Trinajstić information content (AvgIpc) is 2.94. The normalized spacial score (nSPS) is 10.8. The summed E-state index contributed by atoms with van der Waals surface area (Å²) in [6.45, 7) is 6.47. The lowest BCUT2D eigenvalue weighted by Crippen LogP contribution is -2.14. The number of hydrogen-bond donors (Lipinski definition) is 1. The number of furan rings is 1. The van der Waals surface area contributed by atoms with Crippen LogP contribution in [-0.4, -0.2) is 6.54 Å². The highest BCUT2D eigenvalue weighted by Gasteiger charge is 2.08. The van der Waals surface area contributed by atoms with Crippen molar-refractivity contribution >= 4 is 11.6 Å². The summed E-state index contributed by atoms with van der Waals surface area (Å²) >= 11 is 6.11. The predicted molar refractivity (Wildman–Crippen MR) is 85.9 cm³/mol. The molecule has 0 bridgehead atoms. The highest BCUT2D eigenvalue weighted by molar-refractivity contribution is 6.31. The van der Waals surface area contributed by atoms with E-state index in [0.29, 0.717) is 6.61 Å². The molecule has 0 fully saturated rings. The first kappa shape index (κ1) is 15.9. The maximum atomic E-state index is 6.11. The fourth-order valence-electron chi connectivity index (χ4n) is 2.11. The van der Waals surface area contributed by atoms with E-state index in [-0.39, 0.29) is 0 Å². The van der Waals surface area contributed by atoms with E-state index in [1.807, 2.05) is 24.3 Å². The molecule has 3 nitrogen and oxygen atoms in total. The van der Waals surface area contributed by atoms with Gasteiger partial charge < -0.3 is 14.5 Å². The van der Waals surface area contributed by atoms with E-state index in [1.165, 1.54) is 0 Å². The van der Waals surface area contributed by atoms with Crippen LogP contribution in [0.4, 0.5) is 0 Å². The molecular formula is C17H22ClNO2. The summed E-state index contributed by atoms with van der Waals surface area (Å²) in [5, 5.41) is 4.15. The average molecular weight is 308 g/mol. The zero-order valence-corrected chi connectivity index (χ0v) is 13.4. The molecule has 0 radical (unpaired) electrons. The van der Waals surface area contributed by atoms with Gasteiger partial charge in [0, 0.05) is 17.1 Å². The van der Waals surface area contributed by atoms with Crippen LogP contribution in [0.25, 0.3) is 0 Å². The van der Waals surface area contributed by atoms with Crippen LogP contribution in [0.3, 0.4) is 0 Å². The van der Waals surface area contributed by atoms with E-state index in [4.69, 9.17) is 20.8 Å². The fourth-order valence-corrected chi connectivity index (χ4v) is 2.36. The van der Waals surface area contributed by atoms with E-state index in [2.05, 4.69) is 19.2 Å². The van der Waals surface area contributed by atoms with Crippen LogP contribution >= 0.6 is 11.6 Å². The van der Waals surface area contributed by atoms with Crippen LogP contribution in [0.2, 0.25) is 5.02 Å². The number of nitrogens with one attached hydrogen (secondary N) is 1. The number of rotatable bonds is 8. The first-order valence-corrected chi connectivity index (χ1v) is 7.79. The minimum absolute atomic E-state index is 0.431. The molecule has 0 spiro atoms. The van der Waals surface area contributed by atoms with Gasteiger partial charge in [0.25, 0.3) is 0 Å². The Balaban J connectivity index is 1.95. The van der Waals surface area contributed by atoms with Gasteiger partial charge in [0.1, 0.15) is 18.1 Å². The van der Waals surface area contributed by atoms with Crippen molar-refractivity contribution in [2.24, 2.45) is 0 Å². The van der Waals surface area contributed by atoms with E-state index in [9.17, 15) is 0 Å². The molecule has 0 atom stereocenters. The highest BCUT2D eigenvalue weighted by Crippen LogP contribution is 2.23.